The van der Waals surface area contributed by atoms with Gasteiger partial charge < -0.3 is 4.74 Å². The lowest BCUT2D eigenvalue weighted by Gasteiger charge is -2.47. The highest BCUT2D eigenvalue weighted by Crippen LogP contribution is 2.32. The summed E-state index contributed by atoms with van der Waals surface area (Å²) in [4.78, 5) is 2.47. The van der Waals surface area contributed by atoms with E-state index in [-0.39, 0.29) is 5.54 Å². The van der Waals surface area contributed by atoms with Crippen LogP contribution in [0.3, 0.4) is 0 Å². The van der Waals surface area contributed by atoms with Crippen LogP contribution >= 0.6 is 0 Å². The molecule has 1 saturated heterocycles. The second-order valence-electron chi connectivity index (χ2n) is 6.13. The van der Waals surface area contributed by atoms with Crippen LogP contribution in [-0.4, -0.2) is 29.6 Å². The van der Waals surface area contributed by atoms with Gasteiger partial charge in [-0.3, -0.25) is 4.90 Å². The molecule has 0 spiro atoms. The Hall–Kier alpha value is -0.860. The van der Waals surface area contributed by atoms with Gasteiger partial charge in [-0.25, -0.2) is 0 Å². The van der Waals surface area contributed by atoms with Crippen LogP contribution < -0.4 is 0 Å². The Morgan fingerprint density at radius 3 is 2.56 bits per heavy atom. The highest BCUT2D eigenvalue weighted by atomic mass is 16.5. The normalized spacial score (nSPS) is 28.2. The molecule has 18 heavy (non-hydrogen) atoms. The smallest absolute Gasteiger partial charge is 0.0720 e. The molecule has 1 heterocycles. The Labute approximate surface area is 111 Å². The molecule has 0 aliphatic carbocycles. The molecular weight excluding hydrogens is 222 g/mol. The summed E-state index contributed by atoms with van der Waals surface area (Å²) in [6, 6.07) is 11.0. The summed E-state index contributed by atoms with van der Waals surface area (Å²) >= 11 is 0. The zero-order valence-electron chi connectivity index (χ0n) is 12.0. The summed E-state index contributed by atoms with van der Waals surface area (Å²) in [7, 11) is 2.22. The lowest BCUT2D eigenvalue weighted by Crippen LogP contribution is -2.54. The first-order valence-corrected chi connectivity index (χ1v) is 6.87. The van der Waals surface area contributed by atoms with Crippen LogP contribution in [0, 0.1) is 0 Å². The SMILES string of the molecule is CC1CC(OCc2ccccc2)CC(C)(C)N1C. The number of hydrogen-bond donors (Lipinski definition) is 0. The van der Waals surface area contributed by atoms with Crippen molar-refractivity contribution in [3.8, 4) is 0 Å². The lowest BCUT2D eigenvalue weighted by molar-refractivity contribution is -0.0635. The molecule has 2 atom stereocenters. The molecule has 2 rings (SSSR count). The van der Waals surface area contributed by atoms with E-state index in [2.05, 4.69) is 57.0 Å². The molecule has 100 valence electrons. The van der Waals surface area contributed by atoms with Crippen molar-refractivity contribution in [1.82, 2.24) is 4.90 Å². The Kier molecular flexibility index (Phi) is 4.08. The van der Waals surface area contributed by atoms with Gasteiger partial charge in [0.1, 0.15) is 0 Å². The second kappa shape index (κ2) is 5.41. The van der Waals surface area contributed by atoms with Gasteiger partial charge in [0.15, 0.2) is 0 Å². The predicted octanol–water partition coefficient (Wildman–Crippen LogP) is 3.46. The van der Waals surface area contributed by atoms with Crippen LogP contribution in [0.1, 0.15) is 39.2 Å². The van der Waals surface area contributed by atoms with Gasteiger partial charge in [0.05, 0.1) is 12.7 Å². The molecule has 2 unspecified atom stereocenters. The number of piperidine rings is 1. The zero-order valence-corrected chi connectivity index (χ0v) is 12.0. The minimum Gasteiger partial charge on any atom is -0.373 e. The molecular formula is C16H25NO. The zero-order chi connectivity index (χ0) is 13.2. The van der Waals surface area contributed by atoms with E-state index in [0.717, 1.165) is 19.4 Å². The standard InChI is InChI=1S/C16H25NO/c1-13-10-15(11-16(2,3)17(13)4)18-12-14-8-6-5-7-9-14/h5-9,13,15H,10-12H2,1-4H3. The molecule has 0 N–H and O–H groups in total. The highest BCUT2D eigenvalue weighted by Gasteiger charge is 2.36. The third kappa shape index (κ3) is 3.12. The number of ether oxygens (including phenoxy) is 1. The summed E-state index contributed by atoms with van der Waals surface area (Å²) in [5, 5.41) is 0. The Morgan fingerprint density at radius 2 is 1.94 bits per heavy atom. The number of benzene rings is 1. The minimum atomic E-state index is 0.235. The van der Waals surface area contributed by atoms with Gasteiger partial charge >= 0.3 is 0 Å². The van der Waals surface area contributed by atoms with Crippen LogP contribution in [0.25, 0.3) is 0 Å². The summed E-state index contributed by atoms with van der Waals surface area (Å²) < 4.78 is 6.10. The third-order valence-electron chi connectivity index (χ3n) is 4.28. The van der Waals surface area contributed by atoms with Crippen LogP contribution in [-0.2, 0) is 11.3 Å². The van der Waals surface area contributed by atoms with E-state index in [1.165, 1.54) is 5.56 Å². The molecule has 0 aromatic heterocycles. The maximum absolute atomic E-state index is 6.10. The van der Waals surface area contributed by atoms with E-state index in [9.17, 15) is 0 Å². The van der Waals surface area contributed by atoms with E-state index in [1.54, 1.807) is 0 Å². The molecule has 1 fully saturated rings. The number of nitrogens with zero attached hydrogens (tertiary/aromatic N) is 1. The van der Waals surface area contributed by atoms with Crippen molar-refractivity contribution in [1.29, 1.82) is 0 Å². The van der Waals surface area contributed by atoms with Gasteiger partial charge in [-0.05, 0) is 46.2 Å². The average molecular weight is 247 g/mol. The largest absolute Gasteiger partial charge is 0.373 e. The Bertz CT molecular complexity index is 374. The first kappa shape index (κ1) is 13.6. The summed E-state index contributed by atoms with van der Waals surface area (Å²) in [5.41, 5.74) is 1.50. The molecule has 1 aromatic rings. The monoisotopic (exact) mass is 247 g/mol. The first-order valence-electron chi connectivity index (χ1n) is 6.87. The number of hydrogen-bond acceptors (Lipinski definition) is 2. The van der Waals surface area contributed by atoms with Crippen LogP contribution in [0.2, 0.25) is 0 Å². The Balaban J connectivity index is 1.91. The van der Waals surface area contributed by atoms with Crippen LogP contribution in [0.15, 0.2) is 30.3 Å². The lowest BCUT2D eigenvalue weighted by atomic mass is 9.85. The molecule has 0 saturated carbocycles. The van der Waals surface area contributed by atoms with Crippen molar-refractivity contribution in [2.24, 2.45) is 0 Å². The van der Waals surface area contributed by atoms with Crippen molar-refractivity contribution >= 4 is 0 Å². The summed E-state index contributed by atoms with van der Waals surface area (Å²) in [6.45, 7) is 7.64. The quantitative estimate of drug-likeness (QED) is 0.811. The fraction of sp³-hybridized carbons (Fsp3) is 0.625. The molecule has 2 heteroatoms. The molecule has 2 nitrogen and oxygen atoms in total. The molecule has 1 aromatic carbocycles. The molecule has 0 amide bonds. The van der Waals surface area contributed by atoms with Gasteiger partial charge in [-0.2, -0.15) is 0 Å². The highest BCUT2D eigenvalue weighted by molar-refractivity contribution is 5.13. The van der Waals surface area contributed by atoms with Crippen molar-refractivity contribution in [3.05, 3.63) is 35.9 Å². The number of likely N-dealkylation sites (tertiary alicyclic amines) is 1. The summed E-state index contributed by atoms with van der Waals surface area (Å²) in [5.74, 6) is 0. The van der Waals surface area contributed by atoms with E-state index in [1.807, 2.05) is 6.07 Å². The van der Waals surface area contributed by atoms with Crippen molar-refractivity contribution in [3.63, 3.8) is 0 Å². The van der Waals surface area contributed by atoms with Crippen molar-refractivity contribution in [2.45, 2.75) is 57.9 Å². The third-order valence-corrected chi connectivity index (χ3v) is 4.28. The topological polar surface area (TPSA) is 12.5 Å². The Morgan fingerprint density at radius 1 is 1.28 bits per heavy atom. The van der Waals surface area contributed by atoms with Gasteiger partial charge in [-0.15, -0.1) is 0 Å². The number of rotatable bonds is 3. The van der Waals surface area contributed by atoms with Crippen LogP contribution in [0.4, 0.5) is 0 Å². The molecule has 0 radical (unpaired) electrons. The van der Waals surface area contributed by atoms with Crippen LogP contribution in [0.5, 0.6) is 0 Å². The van der Waals surface area contributed by atoms with E-state index in [4.69, 9.17) is 4.74 Å². The fourth-order valence-electron chi connectivity index (χ4n) is 2.83. The predicted molar refractivity (Wildman–Crippen MR) is 75.6 cm³/mol. The average Bonchev–Trinajstić information content (AvgIpc) is 2.34. The molecule has 0 bridgehead atoms. The van der Waals surface area contributed by atoms with E-state index >= 15 is 0 Å². The fourth-order valence-corrected chi connectivity index (χ4v) is 2.83. The maximum Gasteiger partial charge on any atom is 0.0720 e. The van der Waals surface area contributed by atoms with Crippen molar-refractivity contribution in [2.75, 3.05) is 7.05 Å². The summed E-state index contributed by atoms with van der Waals surface area (Å²) in [6.07, 6.45) is 2.62. The molecule has 1 aliphatic heterocycles. The maximum atomic E-state index is 6.10. The van der Waals surface area contributed by atoms with Gasteiger partial charge in [0.2, 0.25) is 0 Å². The van der Waals surface area contributed by atoms with Gasteiger partial charge in [-0.1, -0.05) is 30.3 Å². The first-order chi connectivity index (χ1) is 8.49. The van der Waals surface area contributed by atoms with E-state index < -0.39 is 0 Å². The van der Waals surface area contributed by atoms with Gasteiger partial charge in [0.25, 0.3) is 0 Å². The molecule has 1 aliphatic rings. The van der Waals surface area contributed by atoms with E-state index in [0.29, 0.717) is 12.1 Å². The van der Waals surface area contributed by atoms with Crippen molar-refractivity contribution < 1.29 is 4.74 Å². The second-order valence-corrected chi connectivity index (χ2v) is 6.13. The minimum absolute atomic E-state index is 0.235. The van der Waals surface area contributed by atoms with Gasteiger partial charge in [0, 0.05) is 11.6 Å².